The highest BCUT2D eigenvalue weighted by atomic mass is 79.9. The Bertz CT molecular complexity index is 831. The SMILES string of the molecule is Cc1ccc(Cn2ccc(NC(=O)Cn3cc(Br)c(C)n3)n2)cc1. The molecule has 0 aliphatic carbocycles. The molecule has 1 aromatic carbocycles. The van der Waals surface area contributed by atoms with Crippen LogP contribution in [-0.4, -0.2) is 25.5 Å². The van der Waals surface area contributed by atoms with E-state index in [0.717, 1.165) is 10.2 Å². The average molecular weight is 388 g/mol. The molecule has 0 radical (unpaired) electrons. The summed E-state index contributed by atoms with van der Waals surface area (Å²) < 4.78 is 4.28. The predicted octanol–water partition coefficient (Wildman–Crippen LogP) is 3.15. The van der Waals surface area contributed by atoms with Crippen molar-refractivity contribution in [3.05, 3.63) is 64.0 Å². The van der Waals surface area contributed by atoms with Gasteiger partial charge in [0.05, 0.1) is 16.7 Å². The predicted molar refractivity (Wildman–Crippen MR) is 95.8 cm³/mol. The normalized spacial score (nSPS) is 10.8. The Balaban J connectivity index is 1.59. The third-order valence-electron chi connectivity index (χ3n) is 3.57. The standard InChI is InChI=1S/C17H18BrN5O/c1-12-3-5-14(6-4-12)9-22-8-7-16(21-22)19-17(24)11-23-10-15(18)13(2)20-23/h3-8,10H,9,11H2,1-2H3,(H,19,21,24). The van der Waals surface area contributed by atoms with Gasteiger partial charge in [-0.25, -0.2) is 0 Å². The van der Waals surface area contributed by atoms with Crippen LogP contribution >= 0.6 is 15.9 Å². The van der Waals surface area contributed by atoms with Crippen molar-refractivity contribution < 1.29 is 4.79 Å². The van der Waals surface area contributed by atoms with Gasteiger partial charge in [0.15, 0.2) is 5.82 Å². The van der Waals surface area contributed by atoms with Gasteiger partial charge in [0, 0.05) is 18.5 Å². The molecule has 0 unspecified atom stereocenters. The van der Waals surface area contributed by atoms with Crippen molar-refractivity contribution >= 4 is 27.7 Å². The molecule has 0 spiro atoms. The van der Waals surface area contributed by atoms with E-state index in [0.29, 0.717) is 12.4 Å². The van der Waals surface area contributed by atoms with E-state index in [-0.39, 0.29) is 12.5 Å². The van der Waals surface area contributed by atoms with Crippen LogP contribution in [0.25, 0.3) is 0 Å². The van der Waals surface area contributed by atoms with Gasteiger partial charge in [-0.3, -0.25) is 14.2 Å². The molecule has 1 amide bonds. The Hall–Kier alpha value is -2.41. The Morgan fingerprint density at radius 3 is 2.54 bits per heavy atom. The molecule has 0 aliphatic rings. The van der Waals surface area contributed by atoms with E-state index in [1.165, 1.54) is 11.1 Å². The van der Waals surface area contributed by atoms with Crippen molar-refractivity contribution in [1.29, 1.82) is 0 Å². The number of rotatable bonds is 5. The van der Waals surface area contributed by atoms with E-state index < -0.39 is 0 Å². The molecule has 124 valence electrons. The largest absolute Gasteiger partial charge is 0.308 e. The van der Waals surface area contributed by atoms with Crippen LogP contribution in [0.4, 0.5) is 5.82 Å². The first-order chi connectivity index (χ1) is 11.5. The number of anilines is 1. The summed E-state index contributed by atoms with van der Waals surface area (Å²) >= 11 is 3.38. The summed E-state index contributed by atoms with van der Waals surface area (Å²) in [5.74, 6) is 0.376. The van der Waals surface area contributed by atoms with E-state index in [4.69, 9.17) is 0 Å². The number of aryl methyl sites for hydroxylation is 2. The lowest BCUT2D eigenvalue weighted by atomic mass is 10.1. The van der Waals surface area contributed by atoms with E-state index in [2.05, 4.69) is 62.6 Å². The van der Waals surface area contributed by atoms with Crippen molar-refractivity contribution in [1.82, 2.24) is 19.6 Å². The van der Waals surface area contributed by atoms with Crippen molar-refractivity contribution in [3.8, 4) is 0 Å². The summed E-state index contributed by atoms with van der Waals surface area (Å²) in [4.78, 5) is 12.1. The fourth-order valence-electron chi connectivity index (χ4n) is 2.30. The molecule has 0 saturated carbocycles. The van der Waals surface area contributed by atoms with Crippen LogP contribution in [-0.2, 0) is 17.9 Å². The van der Waals surface area contributed by atoms with E-state index in [9.17, 15) is 4.79 Å². The van der Waals surface area contributed by atoms with Crippen molar-refractivity contribution in [3.63, 3.8) is 0 Å². The van der Waals surface area contributed by atoms with Crippen LogP contribution in [0.2, 0.25) is 0 Å². The maximum absolute atomic E-state index is 12.1. The van der Waals surface area contributed by atoms with Gasteiger partial charge < -0.3 is 5.32 Å². The topological polar surface area (TPSA) is 64.7 Å². The number of aromatic nitrogens is 4. The van der Waals surface area contributed by atoms with Gasteiger partial charge in [0.2, 0.25) is 5.91 Å². The number of hydrogen-bond acceptors (Lipinski definition) is 3. The lowest BCUT2D eigenvalue weighted by Crippen LogP contribution is -2.19. The maximum Gasteiger partial charge on any atom is 0.247 e. The van der Waals surface area contributed by atoms with Gasteiger partial charge in [-0.15, -0.1) is 0 Å². The smallest absolute Gasteiger partial charge is 0.247 e. The maximum atomic E-state index is 12.1. The molecule has 0 fully saturated rings. The molecule has 24 heavy (non-hydrogen) atoms. The number of amides is 1. The fourth-order valence-corrected chi connectivity index (χ4v) is 2.62. The summed E-state index contributed by atoms with van der Waals surface area (Å²) in [6.45, 7) is 4.76. The van der Waals surface area contributed by atoms with E-state index in [1.807, 2.05) is 13.1 Å². The summed E-state index contributed by atoms with van der Waals surface area (Å²) in [7, 11) is 0. The van der Waals surface area contributed by atoms with Gasteiger partial charge in [-0.05, 0) is 35.3 Å². The van der Waals surface area contributed by atoms with Crippen LogP contribution in [0.15, 0.2) is 47.2 Å². The monoisotopic (exact) mass is 387 g/mol. The van der Waals surface area contributed by atoms with Gasteiger partial charge in [0.25, 0.3) is 0 Å². The Labute approximate surface area is 148 Å². The summed E-state index contributed by atoms with van der Waals surface area (Å²) in [5, 5.41) is 11.4. The number of benzene rings is 1. The molecule has 7 heteroatoms. The molecule has 2 heterocycles. The van der Waals surface area contributed by atoms with E-state index in [1.54, 1.807) is 21.6 Å². The Morgan fingerprint density at radius 1 is 1.12 bits per heavy atom. The fraction of sp³-hybridized carbons (Fsp3) is 0.235. The molecule has 0 saturated heterocycles. The minimum atomic E-state index is -0.161. The third-order valence-corrected chi connectivity index (χ3v) is 4.34. The highest BCUT2D eigenvalue weighted by Gasteiger charge is 2.09. The zero-order valence-electron chi connectivity index (χ0n) is 13.5. The second-order valence-electron chi connectivity index (χ2n) is 5.69. The first-order valence-electron chi connectivity index (χ1n) is 7.58. The molecule has 3 aromatic rings. The van der Waals surface area contributed by atoms with Gasteiger partial charge in [-0.2, -0.15) is 10.2 Å². The molecule has 2 aromatic heterocycles. The Morgan fingerprint density at radius 2 is 1.88 bits per heavy atom. The second-order valence-corrected chi connectivity index (χ2v) is 6.55. The minimum absolute atomic E-state index is 0.150. The number of nitrogens with zero attached hydrogens (tertiary/aromatic N) is 4. The highest BCUT2D eigenvalue weighted by Crippen LogP contribution is 2.13. The number of hydrogen-bond donors (Lipinski definition) is 1. The van der Waals surface area contributed by atoms with Crippen LogP contribution in [0.3, 0.4) is 0 Å². The van der Waals surface area contributed by atoms with Gasteiger partial charge >= 0.3 is 0 Å². The number of carbonyl (C=O) groups is 1. The molecule has 1 N–H and O–H groups in total. The molecular weight excluding hydrogens is 370 g/mol. The number of halogens is 1. The third kappa shape index (κ3) is 4.11. The Kier molecular flexibility index (Phi) is 4.80. The number of nitrogens with one attached hydrogen (secondary N) is 1. The second kappa shape index (κ2) is 7.00. The summed E-state index contributed by atoms with van der Waals surface area (Å²) in [5.41, 5.74) is 3.25. The average Bonchev–Trinajstić information content (AvgIpc) is 3.08. The minimum Gasteiger partial charge on any atom is -0.308 e. The van der Waals surface area contributed by atoms with Gasteiger partial charge in [-0.1, -0.05) is 29.8 Å². The van der Waals surface area contributed by atoms with Crippen LogP contribution in [0, 0.1) is 13.8 Å². The summed E-state index contributed by atoms with van der Waals surface area (Å²) in [6, 6.07) is 10.1. The first kappa shape index (κ1) is 16.4. The zero-order chi connectivity index (χ0) is 17.1. The van der Waals surface area contributed by atoms with Crippen LogP contribution in [0.1, 0.15) is 16.8 Å². The molecule has 0 atom stereocenters. The first-order valence-corrected chi connectivity index (χ1v) is 8.37. The zero-order valence-corrected chi connectivity index (χ0v) is 15.1. The van der Waals surface area contributed by atoms with E-state index >= 15 is 0 Å². The number of carbonyl (C=O) groups excluding carboxylic acids is 1. The van der Waals surface area contributed by atoms with Gasteiger partial charge in [0.1, 0.15) is 6.54 Å². The quantitative estimate of drug-likeness (QED) is 0.731. The van der Waals surface area contributed by atoms with Crippen molar-refractivity contribution in [2.75, 3.05) is 5.32 Å². The molecule has 6 nitrogen and oxygen atoms in total. The molecule has 3 rings (SSSR count). The lowest BCUT2D eigenvalue weighted by Gasteiger charge is -2.04. The van der Waals surface area contributed by atoms with Crippen molar-refractivity contribution in [2.45, 2.75) is 26.9 Å². The lowest BCUT2D eigenvalue weighted by molar-refractivity contribution is -0.116. The molecule has 0 bridgehead atoms. The summed E-state index contributed by atoms with van der Waals surface area (Å²) in [6.07, 6.45) is 3.63. The molecular formula is C17H18BrN5O. The van der Waals surface area contributed by atoms with Crippen LogP contribution < -0.4 is 5.32 Å². The van der Waals surface area contributed by atoms with Crippen molar-refractivity contribution in [2.24, 2.45) is 0 Å². The van der Waals surface area contributed by atoms with Crippen LogP contribution in [0.5, 0.6) is 0 Å². The highest BCUT2D eigenvalue weighted by molar-refractivity contribution is 9.10. The molecule has 0 aliphatic heterocycles.